The molecule has 0 saturated carbocycles. The van der Waals surface area contributed by atoms with E-state index in [-0.39, 0.29) is 5.91 Å². The molecule has 1 aromatic heterocycles. The minimum Gasteiger partial charge on any atom is -0.441 e. The molecule has 2 saturated heterocycles. The maximum atomic E-state index is 13.3. The molecule has 6 heteroatoms. The number of aliphatic imine (C=N–C) groups is 1. The Labute approximate surface area is 192 Å². The van der Waals surface area contributed by atoms with E-state index in [4.69, 9.17) is 9.41 Å². The highest BCUT2D eigenvalue weighted by Crippen LogP contribution is 2.35. The second-order valence-corrected chi connectivity index (χ2v) is 8.95. The summed E-state index contributed by atoms with van der Waals surface area (Å²) in [6, 6.07) is 24.1. The fraction of sp³-hybridized carbons (Fsp3) is 0.231. The highest BCUT2D eigenvalue weighted by Gasteiger charge is 2.33. The number of thioether (sulfide) groups is 1. The molecule has 3 heterocycles. The van der Waals surface area contributed by atoms with Gasteiger partial charge in [-0.25, -0.2) is 0 Å². The smallest absolute Gasteiger partial charge is 0.267 e. The number of nitrogens with zero attached hydrogens (tertiary/aromatic N) is 3. The summed E-state index contributed by atoms with van der Waals surface area (Å²) in [7, 11) is 0. The van der Waals surface area contributed by atoms with Gasteiger partial charge in [0.15, 0.2) is 11.1 Å². The number of furan rings is 1. The molecule has 0 aliphatic carbocycles. The molecule has 0 radical (unpaired) electrons. The number of amidine groups is 1. The minimum absolute atomic E-state index is 0.0372. The lowest BCUT2D eigenvalue weighted by Gasteiger charge is -2.15. The van der Waals surface area contributed by atoms with E-state index in [0.717, 1.165) is 35.3 Å². The first-order valence-electron chi connectivity index (χ1n) is 10.9. The topological polar surface area (TPSA) is 49.1 Å². The van der Waals surface area contributed by atoms with E-state index >= 15 is 0 Å². The predicted molar refractivity (Wildman–Crippen MR) is 130 cm³/mol. The van der Waals surface area contributed by atoms with E-state index in [0.29, 0.717) is 23.8 Å². The van der Waals surface area contributed by atoms with Crippen LogP contribution in [0.5, 0.6) is 0 Å². The lowest BCUT2D eigenvalue weighted by Crippen LogP contribution is -2.28. The van der Waals surface area contributed by atoms with Crippen molar-refractivity contribution in [3.05, 3.63) is 94.6 Å². The van der Waals surface area contributed by atoms with Gasteiger partial charge in [0.25, 0.3) is 5.91 Å². The van der Waals surface area contributed by atoms with Crippen LogP contribution in [0.15, 0.2) is 87.1 Å². The summed E-state index contributed by atoms with van der Waals surface area (Å²) in [4.78, 5) is 22.7. The van der Waals surface area contributed by atoms with Gasteiger partial charge in [-0.1, -0.05) is 60.7 Å². The van der Waals surface area contributed by atoms with Crippen LogP contribution in [-0.2, 0) is 17.9 Å². The Morgan fingerprint density at radius 2 is 1.59 bits per heavy atom. The number of hydrogen-bond donors (Lipinski definition) is 0. The number of hydrogen-bond acceptors (Lipinski definition) is 5. The molecule has 2 aromatic carbocycles. The third kappa shape index (κ3) is 4.65. The van der Waals surface area contributed by atoms with Crippen molar-refractivity contribution in [2.75, 3.05) is 18.0 Å². The lowest BCUT2D eigenvalue weighted by atomic mass is 10.2. The monoisotopic (exact) mass is 443 g/mol. The third-order valence-corrected chi connectivity index (χ3v) is 6.66. The van der Waals surface area contributed by atoms with Crippen LogP contribution < -0.4 is 4.90 Å². The van der Waals surface area contributed by atoms with Crippen molar-refractivity contribution in [1.82, 2.24) is 4.90 Å². The molecular weight excluding hydrogens is 418 g/mol. The zero-order valence-electron chi connectivity index (χ0n) is 17.8. The van der Waals surface area contributed by atoms with Crippen LogP contribution in [0.2, 0.25) is 0 Å². The second kappa shape index (κ2) is 9.49. The van der Waals surface area contributed by atoms with Crippen molar-refractivity contribution in [3.8, 4) is 0 Å². The van der Waals surface area contributed by atoms with E-state index in [1.165, 1.54) is 24.6 Å². The van der Waals surface area contributed by atoms with Crippen molar-refractivity contribution in [2.45, 2.75) is 25.9 Å². The molecule has 32 heavy (non-hydrogen) atoms. The Bertz CT molecular complexity index is 1130. The zero-order valence-corrected chi connectivity index (χ0v) is 18.6. The molecule has 162 valence electrons. The zero-order chi connectivity index (χ0) is 21.8. The average Bonchev–Trinajstić information content (AvgIpc) is 3.57. The fourth-order valence-electron chi connectivity index (χ4n) is 3.93. The van der Waals surface area contributed by atoms with E-state index < -0.39 is 0 Å². The van der Waals surface area contributed by atoms with Crippen molar-refractivity contribution in [3.63, 3.8) is 0 Å². The van der Waals surface area contributed by atoms with Crippen LogP contribution in [0.25, 0.3) is 6.08 Å². The summed E-state index contributed by atoms with van der Waals surface area (Å²) in [5.74, 6) is 1.54. The average molecular weight is 444 g/mol. The molecule has 0 spiro atoms. The van der Waals surface area contributed by atoms with Crippen LogP contribution in [0.3, 0.4) is 0 Å². The first-order chi connectivity index (χ1) is 15.8. The number of carbonyl (C=O) groups excluding carboxylic acids is 1. The molecular formula is C26H25N3O2S. The van der Waals surface area contributed by atoms with Gasteiger partial charge in [-0.05, 0) is 41.8 Å². The van der Waals surface area contributed by atoms with Gasteiger partial charge >= 0.3 is 0 Å². The SMILES string of the molecule is O=C1/C(=C/c2ccc(N3CCCC3)o2)SC(=NCc2ccccc2)N1Cc1ccccc1. The van der Waals surface area contributed by atoms with Crippen LogP contribution >= 0.6 is 11.8 Å². The largest absolute Gasteiger partial charge is 0.441 e. The Morgan fingerprint density at radius 3 is 2.31 bits per heavy atom. The summed E-state index contributed by atoms with van der Waals surface area (Å²) in [5.41, 5.74) is 2.19. The normalized spacial score (nSPS) is 18.9. The predicted octanol–water partition coefficient (Wildman–Crippen LogP) is 5.55. The summed E-state index contributed by atoms with van der Waals surface area (Å²) in [5, 5.41) is 0.722. The van der Waals surface area contributed by atoms with Crippen LogP contribution in [-0.4, -0.2) is 29.1 Å². The van der Waals surface area contributed by atoms with E-state index in [1.807, 2.05) is 78.9 Å². The Morgan fingerprint density at radius 1 is 0.906 bits per heavy atom. The van der Waals surface area contributed by atoms with Crippen LogP contribution in [0.1, 0.15) is 29.7 Å². The molecule has 2 aliphatic rings. The third-order valence-electron chi connectivity index (χ3n) is 5.62. The minimum atomic E-state index is -0.0372. The van der Waals surface area contributed by atoms with Gasteiger partial charge in [-0.15, -0.1) is 0 Å². The molecule has 0 bridgehead atoms. The number of amides is 1. The highest BCUT2D eigenvalue weighted by molar-refractivity contribution is 8.18. The van der Waals surface area contributed by atoms with Crippen molar-refractivity contribution in [1.29, 1.82) is 0 Å². The van der Waals surface area contributed by atoms with Gasteiger partial charge in [0.05, 0.1) is 18.0 Å². The van der Waals surface area contributed by atoms with Gasteiger partial charge in [0.2, 0.25) is 0 Å². The first-order valence-corrected chi connectivity index (χ1v) is 11.8. The molecule has 0 N–H and O–H groups in total. The molecule has 2 fully saturated rings. The molecule has 0 unspecified atom stereocenters. The highest BCUT2D eigenvalue weighted by atomic mass is 32.2. The maximum Gasteiger partial charge on any atom is 0.267 e. The summed E-state index contributed by atoms with van der Waals surface area (Å²) in [6.45, 7) is 3.08. The maximum absolute atomic E-state index is 13.3. The molecule has 2 aliphatic heterocycles. The lowest BCUT2D eigenvalue weighted by molar-refractivity contribution is -0.122. The fourth-order valence-corrected chi connectivity index (χ4v) is 4.89. The summed E-state index contributed by atoms with van der Waals surface area (Å²) in [6.07, 6.45) is 4.23. The van der Waals surface area contributed by atoms with Gasteiger partial charge in [0, 0.05) is 25.2 Å². The van der Waals surface area contributed by atoms with Crippen molar-refractivity contribution in [2.24, 2.45) is 4.99 Å². The van der Waals surface area contributed by atoms with E-state index in [9.17, 15) is 4.79 Å². The molecule has 0 atom stereocenters. The summed E-state index contributed by atoms with van der Waals surface area (Å²) >= 11 is 1.42. The Hall–Kier alpha value is -3.25. The van der Waals surface area contributed by atoms with Gasteiger partial charge < -0.3 is 9.32 Å². The molecule has 5 rings (SSSR count). The Kier molecular flexibility index (Phi) is 6.12. The van der Waals surface area contributed by atoms with Crippen molar-refractivity contribution < 1.29 is 9.21 Å². The van der Waals surface area contributed by atoms with Gasteiger partial charge in [-0.3, -0.25) is 14.7 Å². The molecule has 5 nitrogen and oxygen atoms in total. The number of benzene rings is 2. The molecule has 3 aromatic rings. The van der Waals surface area contributed by atoms with E-state index in [1.54, 1.807) is 4.90 Å². The second-order valence-electron chi connectivity index (χ2n) is 7.94. The quantitative estimate of drug-likeness (QED) is 0.469. The van der Waals surface area contributed by atoms with Crippen molar-refractivity contribution >= 4 is 34.8 Å². The van der Waals surface area contributed by atoms with Gasteiger partial charge in [-0.2, -0.15) is 0 Å². The van der Waals surface area contributed by atoms with Crippen LogP contribution in [0.4, 0.5) is 5.88 Å². The number of rotatable bonds is 6. The standard InChI is InChI=1S/C26H25N3O2S/c30-25-23(17-22-13-14-24(31-22)28-15-7-8-16-28)32-26(27-18-20-9-3-1-4-10-20)29(25)19-21-11-5-2-6-12-21/h1-6,9-14,17H,7-8,15-16,18-19H2/b23-17-,27-26?. The summed E-state index contributed by atoms with van der Waals surface area (Å²) < 4.78 is 6.02. The van der Waals surface area contributed by atoms with Gasteiger partial charge in [0.1, 0.15) is 5.76 Å². The Balaban J connectivity index is 1.40. The van der Waals surface area contributed by atoms with Crippen LogP contribution in [0, 0.1) is 0 Å². The van der Waals surface area contributed by atoms with E-state index in [2.05, 4.69) is 4.90 Å². The number of anilines is 1. The first kappa shape index (κ1) is 20.6. The molecule has 1 amide bonds. The number of carbonyl (C=O) groups is 1.